The average Bonchev–Trinajstić information content (AvgIpc) is 2.28. The highest BCUT2D eigenvalue weighted by Crippen LogP contribution is 2.23. The van der Waals surface area contributed by atoms with Crippen molar-refractivity contribution >= 4 is 10.0 Å². The molecular weight excluding hydrogens is 236 g/mol. The van der Waals surface area contributed by atoms with E-state index in [-0.39, 0.29) is 6.04 Å². The summed E-state index contributed by atoms with van der Waals surface area (Å²) in [4.78, 5) is 2.40. The molecule has 0 amide bonds. The lowest BCUT2D eigenvalue weighted by Gasteiger charge is -2.38. The van der Waals surface area contributed by atoms with Crippen LogP contribution in [0.5, 0.6) is 0 Å². The summed E-state index contributed by atoms with van der Waals surface area (Å²) in [6, 6.07) is 0.667. The molecule has 2 aliphatic heterocycles. The molecule has 0 radical (unpaired) electrons. The van der Waals surface area contributed by atoms with Crippen molar-refractivity contribution in [2.24, 2.45) is 0 Å². The van der Waals surface area contributed by atoms with Gasteiger partial charge in [-0.05, 0) is 38.8 Å². The van der Waals surface area contributed by atoms with E-state index in [1.165, 1.54) is 9.71 Å². The van der Waals surface area contributed by atoms with Gasteiger partial charge in [0.15, 0.2) is 0 Å². The highest BCUT2D eigenvalue weighted by Gasteiger charge is 2.30. The first-order chi connectivity index (χ1) is 8.00. The summed E-state index contributed by atoms with van der Waals surface area (Å²) < 4.78 is 25.3. The second-order valence-electron chi connectivity index (χ2n) is 4.91. The third-order valence-corrected chi connectivity index (χ3v) is 4.99. The van der Waals surface area contributed by atoms with E-state index in [1.807, 2.05) is 0 Å². The molecule has 0 N–H and O–H groups in total. The van der Waals surface area contributed by atoms with Crippen LogP contribution in [0.25, 0.3) is 0 Å². The second kappa shape index (κ2) is 4.82. The zero-order chi connectivity index (χ0) is 12.5. The Morgan fingerprint density at radius 3 is 2.35 bits per heavy atom. The van der Waals surface area contributed by atoms with Crippen molar-refractivity contribution in [2.75, 3.05) is 13.1 Å². The van der Waals surface area contributed by atoms with Crippen LogP contribution < -0.4 is 0 Å². The molecule has 0 spiro atoms. The molecule has 0 aliphatic carbocycles. The molecule has 0 saturated carbocycles. The van der Waals surface area contributed by atoms with Crippen molar-refractivity contribution in [3.05, 3.63) is 23.8 Å². The van der Waals surface area contributed by atoms with Crippen LogP contribution in [0.3, 0.4) is 0 Å². The van der Waals surface area contributed by atoms with Crippen LogP contribution in [-0.4, -0.2) is 42.8 Å². The number of sulfonamides is 1. The Bertz CT molecular complexity index is 418. The molecule has 0 aromatic carbocycles. The number of likely N-dealkylation sites (tertiary alicyclic amines) is 1. The van der Waals surface area contributed by atoms with Crippen molar-refractivity contribution in [2.45, 2.75) is 38.8 Å². The van der Waals surface area contributed by atoms with Gasteiger partial charge < -0.3 is 4.90 Å². The lowest BCUT2D eigenvalue weighted by Crippen LogP contribution is -2.46. The van der Waals surface area contributed by atoms with Gasteiger partial charge in [0.2, 0.25) is 0 Å². The molecule has 0 aromatic heterocycles. The fourth-order valence-corrected chi connectivity index (χ4v) is 3.72. The van der Waals surface area contributed by atoms with Crippen LogP contribution in [0.4, 0.5) is 0 Å². The second-order valence-corrected chi connectivity index (χ2v) is 6.63. The molecule has 1 saturated heterocycles. The van der Waals surface area contributed by atoms with E-state index in [9.17, 15) is 8.42 Å². The monoisotopic (exact) mass is 256 g/mol. The Kier molecular flexibility index (Phi) is 3.58. The Hall–Kier alpha value is -0.810. The number of hydrogen-bond acceptors (Lipinski definition) is 3. The number of piperidine rings is 1. The van der Waals surface area contributed by atoms with Gasteiger partial charge in [-0.15, -0.1) is 0 Å². The van der Waals surface area contributed by atoms with Gasteiger partial charge in [-0.3, -0.25) is 4.31 Å². The van der Waals surface area contributed by atoms with Crippen molar-refractivity contribution in [3.8, 4) is 0 Å². The maximum atomic E-state index is 11.9. The molecule has 17 heavy (non-hydrogen) atoms. The molecule has 0 bridgehead atoms. The van der Waals surface area contributed by atoms with Gasteiger partial charge in [0.05, 0.1) is 5.41 Å². The number of allylic oxidation sites excluding steroid dienone is 2. The first-order valence-electron chi connectivity index (χ1n) is 6.13. The SMILES string of the molecule is CC(C)N1CCC(N2C=CC=CS2(=O)=O)CC1. The molecule has 96 valence electrons. The van der Waals surface area contributed by atoms with E-state index < -0.39 is 10.0 Å². The summed E-state index contributed by atoms with van der Waals surface area (Å²) >= 11 is 0. The first kappa shape index (κ1) is 12.6. The largest absolute Gasteiger partial charge is 0.301 e. The van der Waals surface area contributed by atoms with Crippen molar-refractivity contribution in [1.82, 2.24) is 9.21 Å². The minimum absolute atomic E-state index is 0.121. The van der Waals surface area contributed by atoms with Crippen LogP contribution in [0.2, 0.25) is 0 Å². The fourth-order valence-electron chi connectivity index (χ4n) is 2.42. The zero-order valence-corrected chi connectivity index (χ0v) is 11.2. The smallest absolute Gasteiger partial charge is 0.257 e. The Balaban J connectivity index is 2.02. The quantitative estimate of drug-likeness (QED) is 0.752. The lowest BCUT2D eigenvalue weighted by molar-refractivity contribution is 0.145. The molecule has 2 aliphatic rings. The van der Waals surface area contributed by atoms with Gasteiger partial charge >= 0.3 is 0 Å². The highest BCUT2D eigenvalue weighted by atomic mass is 32.2. The minimum atomic E-state index is -3.21. The topological polar surface area (TPSA) is 40.6 Å². The molecule has 4 nitrogen and oxygen atoms in total. The summed E-state index contributed by atoms with van der Waals surface area (Å²) in [6.07, 6.45) is 6.88. The zero-order valence-electron chi connectivity index (χ0n) is 10.4. The lowest BCUT2D eigenvalue weighted by atomic mass is 10.0. The van der Waals surface area contributed by atoms with Crippen LogP contribution in [0.1, 0.15) is 26.7 Å². The number of hydrogen-bond donors (Lipinski definition) is 0. The average molecular weight is 256 g/mol. The van der Waals surface area contributed by atoms with Crippen LogP contribution in [-0.2, 0) is 10.0 Å². The van der Waals surface area contributed by atoms with E-state index in [4.69, 9.17) is 0 Å². The van der Waals surface area contributed by atoms with E-state index in [1.54, 1.807) is 18.4 Å². The molecule has 5 heteroatoms. The summed E-state index contributed by atoms with van der Waals surface area (Å²) in [5, 5.41) is 1.28. The number of nitrogens with zero attached hydrogens (tertiary/aromatic N) is 2. The van der Waals surface area contributed by atoms with Gasteiger partial charge in [0.25, 0.3) is 10.0 Å². The van der Waals surface area contributed by atoms with Gasteiger partial charge in [0, 0.05) is 31.4 Å². The normalized spacial score (nSPS) is 25.7. The highest BCUT2D eigenvalue weighted by molar-refractivity contribution is 7.92. The fraction of sp³-hybridized carbons (Fsp3) is 0.667. The molecule has 2 heterocycles. The predicted molar refractivity (Wildman–Crippen MR) is 68.8 cm³/mol. The van der Waals surface area contributed by atoms with Gasteiger partial charge in [-0.1, -0.05) is 0 Å². The third-order valence-electron chi connectivity index (χ3n) is 3.48. The Morgan fingerprint density at radius 1 is 1.18 bits per heavy atom. The summed E-state index contributed by atoms with van der Waals surface area (Å²) in [5.74, 6) is 0. The summed E-state index contributed by atoms with van der Waals surface area (Å²) in [5.41, 5.74) is 0. The van der Waals surface area contributed by atoms with E-state index in [0.29, 0.717) is 6.04 Å². The summed E-state index contributed by atoms with van der Waals surface area (Å²) in [7, 11) is -3.21. The molecule has 0 unspecified atom stereocenters. The van der Waals surface area contributed by atoms with E-state index in [2.05, 4.69) is 18.7 Å². The molecular formula is C12H20N2O2S. The minimum Gasteiger partial charge on any atom is -0.301 e. The van der Waals surface area contributed by atoms with Crippen LogP contribution >= 0.6 is 0 Å². The molecule has 0 aromatic rings. The van der Waals surface area contributed by atoms with Gasteiger partial charge in [-0.25, -0.2) is 8.42 Å². The van der Waals surface area contributed by atoms with E-state index >= 15 is 0 Å². The van der Waals surface area contributed by atoms with Crippen molar-refractivity contribution in [3.63, 3.8) is 0 Å². The third kappa shape index (κ3) is 2.72. The Morgan fingerprint density at radius 2 is 1.82 bits per heavy atom. The molecule has 0 atom stereocenters. The van der Waals surface area contributed by atoms with Crippen molar-refractivity contribution < 1.29 is 8.42 Å². The maximum absolute atomic E-state index is 11.9. The van der Waals surface area contributed by atoms with Crippen LogP contribution in [0, 0.1) is 0 Å². The first-order valence-corrected chi connectivity index (χ1v) is 7.63. The van der Waals surface area contributed by atoms with Crippen LogP contribution in [0.15, 0.2) is 23.8 Å². The van der Waals surface area contributed by atoms with Crippen molar-refractivity contribution in [1.29, 1.82) is 0 Å². The van der Waals surface area contributed by atoms with Gasteiger partial charge in [0.1, 0.15) is 0 Å². The molecule has 1 fully saturated rings. The maximum Gasteiger partial charge on any atom is 0.257 e. The van der Waals surface area contributed by atoms with E-state index in [0.717, 1.165) is 25.9 Å². The Labute approximate surface area is 104 Å². The number of rotatable bonds is 2. The predicted octanol–water partition coefficient (Wildman–Crippen LogP) is 1.53. The van der Waals surface area contributed by atoms with Gasteiger partial charge in [-0.2, -0.15) is 0 Å². The molecule has 2 rings (SSSR count). The summed E-state index contributed by atoms with van der Waals surface area (Å²) in [6.45, 7) is 6.32. The standard InChI is InChI=1S/C12H20N2O2S/c1-11(2)13-8-5-12(6-9-13)14-7-3-4-10-17(14,15)16/h3-4,7,10-12H,5-6,8-9H2,1-2H3.